The van der Waals surface area contributed by atoms with E-state index in [-0.39, 0.29) is 12.0 Å². The summed E-state index contributed by atoms with van der Waals surface area (Å²) in [6.45, 7) is 3.31. The number of carbonyl (C=O) groups is 1. The fraction of sp³-hybridized carbons (Fsp3) is 0.643. The van der Waals surface area contributed by atoms with Crippen molar-refractivity contribution in [1.29, 1.82) is 0 Å². The Balaban J connectivity index is 1.74. The SMILES string of the molecule is CC1CCN(C(=O)c2cc3c(s2)CCC3)CC1O. The maximum Gasteiger partial charge on any atom is 0.264 e. The maximum atomic E-state index is 12.4. The van der Waals surface area contributed by atoms with Gasteiger partial charge < -0.3 is 10.0 Å². The van der Waals surface area contributed by atoms with E-state index in [9.17, 15) is 9.90 Å². The molecule has 1 fully saturated rings. The fourth-order valence-electron chi connectivity index (χ4n) is 2.82. The van der Waals surface area contributed by atoms with Crippen LogP contribution in [0, 0.1) is 5.92 Å². The van der Waals surface area contributed by atoms with Crippen LogP contribution in [0.25, 0.3) is 0 Å². The molecule has 0 spiro atoms. The highest BCUT2D eigenvalue weighted by atomic mass is 32.1. The molecule has 1 aromatic rings. The summed E-state index contributed by atoms with van der Waals surface area (Å²) >= 11 is 1.65. The van der Waals surface area contributed by atoms with Crippen LogP contribution in [0.1, 0.15) is 39.9 Å². The third kappa shape index (κ3) is 2.08. The van der Waals surface area contributed by atoms with Gasteiger partial charge >= 0.3 is 0 Å². The Morgan fingerprint density at radius 3 is 3.06 bits per heavy atom. The van der Waals surface area contributed by atoms with E-state index in [1.165, 1.54) is 16.9 Å². The predicted molar refractivity (Wildman–Crippen MR) is 72.0 cm³/mol. The van der Waals surface area contributed by atoms with Crippen LogP contribution in [0.5, 0.6) is 0 Å². The monoisotopic (exact) mass is 265 g/mol. The first-order chi connectivity index (χ1) is 8.65. The number of aryl methyl sites for hydroxylation is 2. The van der Waals surface area contributed by atoms with Crippen LogP contribution >= 0.6 is 11.3 Å². The topological polar surface area (TPSA) is 40.5 Å². The molecule has 1 amide bonds. The molecular formula is C14H19NO2S. The van der Waals surface area contributed by atoms with Crippen LogP contribution in [0.4, 0.5) is 0 Å². The molecule has 1 aromatic heterocycles. The summed E-state index contributed by atoms with van der Waals surface area (Å²) in [5.41, 5.74) is 1.37. The number of fused-ring (bicyclic) bond motifs is 1. The zero-order valence-corrected chi connectivity index (χ0v) is 11.5. The predicted octanol–water partition coefficient (Wildman–Crippen LogP) is 2.08. The summed E-state index contributed by atoms with van der Waals surface area (Å²) < 4.78 is 0. The smallest absolute Gasteiger partial charge is 0.264 e. The number of hydrogen-bond acceptors (Lipinski definition) is 3. The largest absolute Gasteiger partial charge is 0.391 e. The number of likely N-dealkylation sites (tertiary alicyclic amines) is 1. The number of nitrogens with zero attached hydrogens (tertiary/aromatic N) is 1. The summed E-state index contributed by atoms with van der Waals surface area (Å²) in [6, 6.07) is 2.07. The number of aliphatic hydroxyl groups is 1. The van der Waals surface area contributed by atoms with Crippen molar-refractivity contribution in [2.24, 2.45) is 5.92 Å². The van der Waals surface area contributed by atoms with Gasteiger partial charge in [-0.1, -0.05) is 6.92 Å². The molecule has 18 heavy (non-hydrogen) atoms. The number of piperidine rings is 1. The molecule has 4 heteroatoms. The molecule has 0 saturated carbocycles. The molecule has 1 N–H and O–H groups in total. The normalized spacial score (nSPS) is 27.3. The van der Waals surface area contributed by atoms with Gasteiger partial charge in [0.15, 0.2) is 0 Å². The zero-order chi connectivity index (χ0) is 12.7. The third-order valence-electron chi connectivity index (χ3n) is 4.16. The number of rotatable bonds is 1. The third-order valence-corrected chi connectivity index (χ3v) is 5.39. The second kappa shape index (κ2) is 4.67. The quantitative estimate of drug-likeness (QED) is 0.844. The van der Waals surface area contributed by atoms with Crippen molar-refractivity contribution in [3.05, 3.63) is 21.4 Å². The lowest BCUT2D eigenvalue weighted by atomic mass is 9.96. The van der Waals surface area contributed by atoms with Crippen LogP contribution < -0.4 is 0 Å². The number of β-amino-alcohol motifs (C(OH)–C–C–N with tert-alkyl or cyclic N) is 1. The van der Waals surface area contributed by atoms with Crippen molar-refractivity contribution in [1.82, 2.24) is 4.90 Å². The Hall–Kier alpha value is -0.870. The van der Waals surface area contributed by atoms with Gasteiger partial charge in [0.05, 0.1) is 11.0 Å². The Labute approximate surface area is 111 Å². The maximum absolute atomic E-state index is 12.4. The minimum Gasteiger partial charge on any atom is -0.391 e. The molecule has 2 atom stereocenters. The van der Waals surface area contributed by atoms with Gasteiger partial charge in [0, 0.05) is 18.0 Å². The molecule has 3 nitrogen and oxygen atoms in total. The molecular weight excluding hydrogens is 246 g/mol. The molecule has 1 aliphatic carbocycles. The average molecular weight is 265 g/mol. The van der Waals surface area contributed by atoms with Gasteiger partial charge in [-0.2, -0.15) is 0 Å². The van der Waals surface area contributed by atoms with Crippen molar-refractivity contribution >= 4 is 17.2 Å². The first kappa shape index (κ1) is 12.2. The number of carbonyl (C=O) groups excluding carboxylic acids is 1. The highest BCUT2D eigenvalue weighted by Crippen LogP contribution is 2.31. The van der Waals surface area contributed by atoms with Crippen molar-refractivity contribution in [2.75, 3.05) is 13.1 Å². The standard InChI is InChI=1S/C14H19NO2S/c1-9-5-6-15(8-11(9)16)14(17)13-7-10-3-2-4-12(10)18-13/h7,9,11,16H,2-6,8H2,1H3. The van der Waals surface area contributed by atoms with Crippen LogP contribution in [0.2, 0.25) is 0 Å². The summed E-state index contributed by atoms with van der Waals surface area (Å²) in [7, 11) is 0. The first-order valence-corrected chi connectivity index (χ1v) is 7.55. The van der Waals surface area contributed by atoms with E-state index in [4.69, 9.17) is 0 Å². The Bertz CT molecular complexity index is 447. The van der Waals surface area contributed by atoms with Gasteiger partial charge in [-0.25, -0.2) is 0 Å². The molecule has 0 aromatic carbocycles. The Morgan fingerprint density at radius 1 is 1.50 bits per heavy atom. The van der Waals surface area contributed by atoms with Crippen LogP contribution in [-0.2, 0) is 12.8 Å². The number of thiophene rings is 1. The molecule has 0 radical (unpaired) electrons. The summed E-state index contributed by atoms with van der Waals surface area (Å²) in [6.07, 6.45) is 4.02. The molecule has 2 aliphatic rings. The second-order valence-electron chi connectivity index (χ2n) is 5.50. The van der Waals surface area contributed by atoms with Crippen molar-refractivity contribution in [3.63, 3.8) is 0 Å². The lowest BCUT2D eigenvalue weighted by Crippen LogP contribution is -2.45. The van der Waals surface area contributed by atoms with Gasteiger partial charge in [-0.3, -0.25) is 4.79 Å². The van der Waals surface area contributed by atoms with Crippen LogP contribution in [0.15, 0.2) is 6.07 Å². The second-order valence-corrected chi connectivity index (χ2v) is 6.63. The van der Waals surface area contributed by atoms with Crippen molar-refractivity contribution < 1.29 is 9.90 Å². The Morgan fingerprint density at radius 2 is 2.33 bits per heavy atom. The Kier molecular flexibility index (Phi) is 3.16. The molecule has 98 valence electrons. The van der Waals surface area contributed by atoms with E-state index >= 15 is 0 Å². The van der Waals surface area contributed by atoms with Crippen molar-refractivity contribution in [3.8, 4) is 0 Å². The molecule has 2 unspecified atom stereocenters. The van der Waals surface area contributed by atoms with Crippen molar-refractivity contribution in [2.45, 2.75) is 38.7 Å². The molecule has 3 rings (SSSR count). The van der Waals surface area contributed by atoms with E-state index in [2.05, 4.69) is 6.07 Å². The summed E-state index contributed by atoms with van der Waals surface area (Å²) in [4.78, 5) is 16.4. The van der Waals surface area contributed by atoms with E-state index in [1.807, 2.05) is 11.8 Å². The molecule has 0 bridgehead atoms. The molecule has 1 saturated heterocycles. The lowest BCUT2D eigenvalue weighted by molar-refractivity contribution is 0.0251. The highest BCUT2D eigenvalue weighted by molar-refractivity contribution is 7.14. The first-order valence-electron chi connectivity index (χ1n) is 6.74. The highest BCUT2D eigenvalue weighted by Gasteiger charge is 2.29. The van der Waals surface area contributed by atoms with E-state index in [0.29, 0.717) is 12.5 Å². The minimum atomic E-state index is -0.366. The average Bonchev–Trinajstić information content (AvgIpc) is 2.92. The van der Waals surface area contributed by atoms with Gasteiger partial charge in [0.25, 0.3) is 5.91 Å². The fourth-order valence-corrected chi connectivity index (χ4v) is 4.05. The van der Waals surface area contributed by atoms with Crippen LogP contribution in [0.3, 0.4) is 0 Å². The molecule has 2 heterocycles. The van der Waals surface area contributed by atoms with E-state index < -0.39 is 0 Å². The number of aliphatic hydroxyl groups excluding tert-OH is 1. The van der Waals surface area contributed by atoms with Gasteiger partial charge in [0.1, 0.15) is 0 Å². The van der Waals surface area contributed by atoms with Gasteiger partial charge in [-0.15, -0.1) is 11.3 Å². The lowest BCUT2D eigenvalue weighted by Gasteiger charge is -2.34. The summed E-state index contributed by atoms with van der Waals surface area (Å²) in [5.74, 6) is 0.419. The summed E-state index contributed by atoms with van der Waals surface area (Å²) in [5, 5.41) is 9.87. The van der Waals surface area contributed by atoms with E-state index in [1.54, 1.807) is 11.3 Å². The van der Waals surface area contributed by atoms with Gasteiger partial charge in [-0.05, 0) is 43.2 Å². The van der Waals surface area contributed by atoms with Gasteiger partial charge in [0.2, 0.25) is 0 Å². The van der Waals surface area contributed by atoms with Crippen LogP contribution in [-0.4, -0.2) is 35.1 Å². The number of hydrogen-bond donors (Lipinski definition) is 1. The minimum absolute atomic E-state index is 0.111. The zero-order valence-electron chi connectivity index (χ0n) is 10.7. The van der Waals surface area contributed by atoms with E-state index in [0.717, 1.165) is 30.7 Å². The molecule has 1 aliphatic heterocycles. The number of amides is 1.